The molecule has 0 fully saturated rings. The molecular weight excluding hydrogens is 247 g/mol. The molecule has 0 saturated carbocycles. The number of carbonyl (C=O) groups excluding carboxylic acids is 1. The monoisotopic (exact) mass is 255 g/mol. The van der Waals surface area contributed by atoms with Crippen LogP contribution in [0.3, 0.4) is 0 Å². The fraction of sp³-hybridized carbons (Fsp3) is 0.857. The number of hydrogen-bond acceptors (Lipinski definition) is 1. The number of hydrogen-bond donors (Lipinski definition) is 1. The van der Waals surface area contributed by atoms with E-state index >= 15 is 0 Å². The van der Waals surface area contributed by atoms with Crippen molar-refractivity contribution in [1.29, 1.82) is 0 Å². The van der Waals surface area contributed by atoms with E-state index < -0.39 is 43.2 Å². The maximum Gasteiger partial charge on any atom is 0.431 e. The maximum atomic E-state index is 12.9. The van der Waals surface area contributed by atoms with Gasteiger partial charge in [-0.05, 0) is 6.42 Å². The second kappa shape index (κ2) is 4.46. The summed E-state index contributed by atoms with van der Waals surface area (Å²) in [6, 6.07) is 0. The summed E-state index contributed by atoms with van der Waals surface area (Å²) in [5.41, 5.74) is -0.780. The van der Waals surface area contributed by atoms with Gasteiger partial charge in [-0.2, -0.15) is 26.3 Å². The molecule has 0 aromatic rings. The Kier molecular flexibility index (Phi) is 4.18. The third kappa shape index (κ3) is 3.24. The summed E-state index contributed by atoms with van der Waals surface area (Å²) in [5, 5.41) is 0. The maximum absolute atomic E-state index is 12.9. The number of rotatable bonds is 4. The Bertz CT molecular complexity index is 242. The van der Waals surface area contributed by atoms with Crippen LogP contribution in [0.25, 0.3) is 0 Å². The van der Waals surface area contributed by atoms with Crippen molar-refractivity contribution < 1.29 is 35.5 Å². The minimum atomic E-state index is -6.07. The van der Waals surface area contributed by atoms with Crippen molar-refractivity contribution in [3.63, 3.8) is 0 Å². The van der Waals surface area contributed by atoms with Gasteiger partial charge < -0.3 is 5.73 Å². The highest BCUT2D eigenvalue weighted by Crippen LogP contribution is 2.48. The number of amides is 1. The topological polar surface area (TPSA) is 43.1 Å². The van der Waals surface area contributed by atoms with Crippen molar-refractivity contribution in [3.8, 4) is 0 Å². The Morgan fingerprint density at radius 3 is 1.56 bits per heavy atom. The summed E-state index contributed by atoms with van der Waals surface area (Å²) in [4.78, 5) is 10.1. The quantitative estimate of drug-likeness (QED) is 0.770. The first kappa shape index (κ1) is 15.0. The van der Waals surface area contributed by atoms with Crippen molar-refractivity contribution in [2.75, 3.05) is 0 Å². The van der Waals surface area contributed by atoms with Gasteiger partial charge in [0.15, 0.2) is 0 Å². The summed E-state index contributed by atoms with van der Waals surface area (Å²) in [5.74, 6) is -1.09. The number of alkyl halides is 7. The van der Waals surface area contributed by atoms with E-state index in [0.29, 0.717) is 0 Å². The van der Waals surface area contributed by atoms with E-state index in [2.05, 4.69) is 5.73 Å². The van der Waals surface area contributed by atoms with Gasteiger partial charge >= 0.3 is 12.4 Å². The molecule has 0 aliphatic carbocycles. The number of carbonyl (C=O) groups is 1. The standard InChI is InChI=1S/C7H8F7NO/c8-5(6(9,10)11,7(12,13)14)3-1-2-4(15)16/h1-3H2,(H2,15,16). The SMILES string of the molecule is NC(=O)CCCC(F)(C(F)(F)F)C(F)(F)F. The summed E-state index contributed by atoms with van der Waals surface area (Å²) < 4.78 is 84.3. The van der Waals surface area contributed by atoms with Crippen LogP contribution in [0.15, 0.2) is 0 Å². The highest BCUT2D eigenvalue weighted by Gasteiger charge is 2.71. The normalized spacial score (nSPS) is 13.9. The molecule has 0 aromatic heterocycles. The summed E-state index contributed by atoms with van der Waals surface area (Å²) in [6.07, 6.45) is -15.7. The van der Waals surface area contributed by atoms with Gasteiger partial charge in [-0.15, -0.1) is 0 Å². The molecule has 9 heteroatoms. The zero-order valence-corrected chi connectivity index (χ0v) is 7.75. The Morgan fingerprint density at radius 2 is 1.31 bits per heavy atom. The largest absolute Gasteiger partial charge is 0.431 e. The molecule has 2 N–H and O–H groups in total. The van der Waals surface area contributed by atoms with Crippen LogP contribution in [0.5, 0.6) is 0 Å². The Balaban J connectivity index is 4.78. The molecule has 0 heterocycles. The first-order valence-corrected chi connectivity index (χ1v) is 4.02. The van der Waals surface area contributed by atoms with Crippen molar-refractivity contribution in [3.05, 3.63) is 0 Å². The molecule has 0 atom stereocenters. The molecule has 0 aliphatic heterocycles. The zero-order chi connectivity index (χ0) is 13.2. The highest BCUT2D eigenvalue weighted by atomic mass is 19.4. The van der Waals surface area contributed by atoms with E-state index in [1.54, 1.807) is 0 Å². The lowest BCUT2D eigenvalue weighted by atomic mass is 9.97. The highest BCUT2D eigenvalue weighted by molar-refractivity contribution is 5.73. The predicted molar refractivity (Wildman–Crippen MR) is 39.0 cm³/mol. The fourth-order valence-corrected chi connectivity index (χ4v) is 0.950. The smallest absolute Gasteiger partial charge is 0.370 e. The van der Waals surface area contributed by atoms with Crippen LogP contribution in [-0.2, 0) is 4.79 Å². The molecule has 16 heavy (non-hydrogen) atoms. The van der Waals surface area contributed by atoms with E-state index in [4.69, 9.17) is 0 Å². The summed E-state index contributed by atoms with van der Waals surface area (Å²) >= 11 is 0. The van der Waals surface area contributed by atoms with E-state index in [0.717, 1.165) is 0 Å². The molecule has 96 valence electrons. The van der Waals surface area contributed by atoms with Crippen molar-refractivity contribution in [2.24, 2.45) is 5.73 Å². The van der Waals surface area contributed by atoms with Crippen molar-refractivity contribution in [2.45, 2.75) is 37.3 Å². The molecule has 2 nitrogen and oxygen atoms in total. The Morgan fingerprint density at radius 1 is 0.938 bits per heavy atom. The molecule has 0 radical (unpaired) electrons. The molecule has 0 aliphatic rings. The molecule has 0 rings (SSSR count). The molecular formula is C7H8F7NO. The van der Waals surface area contributed by atoms with Crippen molar-refractivity contribution in [1.82, 2.24) is 0 Å². The first-order chi connectivity index (χ1) is 6.92. The van der Waals surface area contributed by atoms with Crippen molar-refractivity contribution >= 4 is 5.91 Å². The Labute approximate surface area is 85.6 Å². The second-order valence-corrected chi connectivity index (χ2v) is 3.12. The number of primary amides is 1. The molecule has 0 aromatic carbocycles. The zero-order valence-electron chi connectivity index (χ0n) is 7.75. The average molecular weight is 255 g/mol. The molecule has 1 amide bonds. The van der Waals surface area contributed by atoms with Crippen LogP contribution < -0.4 is 5.73 Å². The summed E-state index contributed by atoms with van der Waals surface area (Å²) in [6.45, 7) is 0. The molecule has 0 unspecified atom stereocenters. The lowest BCUT2D eigenvalue weighted by molar-refractivity contribution is -0.343. The Hall–Kier alpha value is -1.02. The number of nitrogens with two attached hydrogens (primary N) is 1. The van der Waals surface area contributed by atoms with Gasteiger partial charge in [-0.1, -0.05) is 0 Å². The van der Waals surface area contributed by atoms with E-state index in [9.17, 15) is 35.5 Å². The van der Waals surface area contributed by atoms with Gasteiger partial charge in [0.25, 0.3) is 5.67 Å². The first-order valence-electron chi connectivity index (χ1n) is 4.02. The van der Waals surface area contributed by atoms with Gasteiger partial charge in [-0.25, -0.2) is 4.39 Å². The van der Waals surface area contributed by atoms with Gasteiger partial charge in [0.1, 0.15) is 0 Å². The second-order valence-electron chi connectivity index (χ2n) is 3.12. The van der Waals surface area contributed by atoms with Crippen LogP contribution in [0.1, 0.15) is 19.3 Å². The van der Waals surface area contributed by atoms with Crippen LogP contribution >= 0.6 is 0 Å². The minimum absolute atomic E-state index is 0.738. The average Bonchev–Trinajstić information content (AvgIpc) is 1.98. The van der Waals surface area contributed by atoms with E-state index in [-0.39, 0.29) is 0 Å². The third-order valence-electron chi connectivity index (χ3n) is 1.84. The van der Waals surface area contributed by atoms with Crippen LogP contribution in [0.2, 0.25) is 0 Å². The minimum Gasteiger partial charge on any atom is -0.370 e. The molecule has 0 bridgehead atoms. The molecule has 0 saturated heterocycles. The fourth-order valence-electron chi connectivity index (χ4n) is 0.950. The van der Waals surface area contributed by atoms with Crippen LogP contribution in [0.4, 0.5) is 30.7 Å². The van der Waals surface area contributed by atoms with Gasteiger partial charge in [-0.3, -0.25) is 4.79 Å². The van der Waals surface area contributed by atoms with Crippen LogP contribution in [0, 0.1) is 0 Å². The third-order valence-corrected chi connectivity index (χ3v) is 1.84. The van der Waals surface area contributed by atoms with E-state index in [1.807, 2.05) is 0 Å². The number of halogens is 7. The van der Waals surface area contributed by atoms with Gasteiger partial charge in [0.05, 0.1) is 0 Å². The van der Waals surface area contributed by atoms with E-state index in [1.165, 1.54) is 0 Å². The van der Waals surface area contributed by atoms with Crippen LogP contribution in [-0.4, -0.2) is 23.9 Å². The van der Waals surface area contributed by atoms with Gasteiger partial charge in [0, 0.05) is 12.8 Å². The summed E-state index contributed by atoms with van der Waals surface area (Å²) in [7, 11) is 0. The molecule has 0 spiro atoms. The predicted octanol–water partition coefficient (Wildman–Crippen LogP) is 2.47. The lowest BCUT2D eigenvalue weighted by Gasteiger charge is -2.29. The van der Waals surface area contributed by atoms with Gasteiger partial charge in [0.2, 0.25) is 5.91 Å². The lowest BCUT2D eigenvalue weighted by Crippen LogP contribution is -2.53.